The van der Waals surface area contributed by atoms with E-state index >= 15 is 0 Å². The third-order valence-corrected chi connectivity index (χ3v) is 3.64. The molecular weight excluding hydrogens is 296 g/mol. The van der Waals surface area contributed by atoms with Crippen LogP contribution < -0.4 is 16.0 Å². The largest absolute Gasteiger partial charge is 0.388 e. The quantitative estimate of drug-likeness (QED) is 0.878. The maximum absolute atomic E-state index is 4.59. The molecule has 1 aromatic heterocycles. The summed E-state index contributed by atoms with van der Waals surface area (Å²) >= 11 is 0. The average Bonchev–Trinajstić information content (AvgIpc) is 3.29. The highest BCUT2D eigenvalue weighted by atomic mass is 14.8. The molecule has 0 bridgehead atoms. The molecule has 3 heterocycles. The van der Waals surface area contributed by atoms with E-state index in [0.717, 1.165) is 39.2 Å². The molecule has 2 N–H and O–H groups in total. The average molecular weight is 316 g/mol. The van der Waals surface area contributed by atoms with Crippen molar-refractivity contribution in [2.45, 2.75) is 6.92 Å². The lowest BCUT2D eigenvalue weighted by Gasteiger charge is -1.98. The predicted molar refractivity (Wildman–Crippen MR) is 102 cm³/mol. The third kappa shape index (κ3) is 3.79. The summed E-state index contributed by atoms with van der Waals surface area (Å²) in [5.41, 5.74) is 4.67. The van der Waals surface area contributed by atoms with Crippen LogP contribution in [0.1, 0.15) is 6.92 Å². The monoisotopic (exact) mass is 316 g/mol. The van der Waals surface area contributed by atoms with E-state index in [-0.39, 0.29) is 0 Å². The lowest BCUT2D eigenvalue weighted by atomic mass is 10.3. The molecule has 4 heteroatoms. The van der Waals surface area contributed by atoms with Crippen LogP contribution in [-0.2, 0) is 0 Å². The van der Waals surface area contributed by atoms with Crippen LogP contribution in [0.2, 0.25) is 0 Å². The van der Waals surface area contributed by atoms with Gasteiger partial charge in [0.25, 0.3) is 0 Å². The van der Waals surface area contributed by atoms with Crippen molar-refractivity contribution in [3.8, 4) is 0 Å². The molecule has 2 aliphatic rings. The Morgan fingerprint density at radius 1 is 1.04 bits per heavy atom. The first-order valence-electron chi connectivity index (χ1n) is 7.83. The topological polar surface area (TPSA) is 52.5 Å². The van der Waals surface area contributed by atoms with Gasteiger partial charge in [-0.25, -0.2) is 9.98 Å². The van der Waals surface area contributed by atoms with Gasteiger partial charge in [0.1, 0.15) is 0 Å². The van der Waals surface area contributed by atoms with E-state index in [0.29, 0.717) is 0 Å². The van der Waals surface area contributed by atoms with Crippen molar-refractivity contribution in [3.05, 3.63) is 82.5 Å². The number of hydrogen-bond donors (Lipinski definition) is 2. The second-order valence-electron chi connectivity index (χ2n) is 5.46. The van der Waals surface area contributed by atoms with Gasteiger partial charge in [-0.2, -0.15) is 0 Å². The van der Waals surface area contributed by atoms with E-state index in [4.69, 9.17) is 0 Å². The molecular formula is C20H20N4. The first-order valence-corrected chi connectivity index (χ1v) is 7.83. The van der Waals surface area contributed by atoms with Crippen molar-refractivity contribution in [1.82, 2.24) is 10.3 Å². The Bertz CT molecular complexity index is 960. The summed E-state index contributed by atoms with van der Waals surface area (Å²) in [7, 11) is 1.90. The van der Waals surface area contributed by atoms with E-state index in [1.54, 1.807) is 0 Å². The van der Waals surface area contributed by atoms with E-state index in [2.05, 4.69) is 26.9 Å². The molecule has 0 saturated heterocycles. The molecule has 0 aliphatic carbocycles. The molecule has 0 saturated carbocycles. The van der Waals surface area contributed by atoms with Gasteiger partial charge in [-0.1, -0.05) is 12.7 Å². The standard InChI is InChI=1S/C20H20N4/c1-4-15(21-3)11-17-7-8-19(23-17)13-20-10-9-18(24-20)12-16-6-5-14(2)22-16/h4-13,21-22H,2H2,1,3H3/b15-4-,16-12?,17-11-,20-13-. The maximum Gasteiger partial charge on any atom is 0.0659 e. The Labute approximate surface area is 141 Å². The number of rotatable bonds is 4. The van der Waals surface area contributed by atoms with Gasteiger partial charge in [0.15, 0.2) is 0 Å². The molecule has 2 aliphatic heterocycles. The van der Waals surface area contributed by atoms with E-state index < -0.39 is 0 Å². The van der Waals surface area contributed by atoms with Crippen LogP contribution in [0.4, 0.5) is 0 Å². The normalized spacial score (nSPS) is 21.1. The second-order valence-corrected chi connectivity index (χ2v) is 5.46. The molecule has 0 amide bonds. The summed E-state index contributed by atoms with van der Waals surface area (Å²) in [6.07, 6.45) is 16.0. The minimum Gasteiger partial charge on any atom is -0.388 e. The minimum absolute atomic E-state index is 0.895. The zero-order valence-electron chi connectivity index (χ0n) is 13.9. The van der Waals surface area contributed by atoms with Crippen LogP contribution in [0, 0.1) is 0 Å². The van der Waals surface area contributed by atoms with Crippen molar-refractivity contribution >= 4 is 24.1 Å². The Hall–Kier alpha value is -3.14. The summed E-state index contributed by atoms with van der Waals surface area (Å²) in [4.78, 5) is 12.3. The van der Waals surface area contributed by atoms with E-state index in [1.807, 2.05) is 74.7 Å². The number of nitrogens with zero attached hydrogens (tertiary/aromatic N) is 2. The fourth-order valence-electron chi connectivity index (χ4n) is 2.42. The molecule has 4 nitrogen and oxygen atoms in total. The summed E-state index contributed by atoms with van der Waals surface area (Å²) in [5.74, 6) is 0. The molecule has 0 fully saturated rings. The number of aliphatic imine (C=N–C) groups is 2. The van der Waals surface area contributed by atoms with Crippen LogP contribution in [0.15, 0.2) is 81.7 Å². The second kappa shape index (κ2) is 6.96. The number of nitrogens with one attached hydrogen (secondary N) is 2. The van der Waals surface area contributed by atoms with Crippen LogP contribution in [0.3, 0.4) is 0 Å². The molecule has 0 atom stereocenters. The Kier molecular flexibility index (Phi) is 4.57. The molecule has 0 radical (unpaired) electrons. The van der Waals surface area contributed by atoms with Gasteiger partial charge >= 0.3 is 0 Å². The molecule has 120 valence electrons. The van der Waals surface area contributed by atoms with Gasteiger partial charge in [0.2, 0.25) is 0 Å². The lowest BCUT2D eigenvalue weighted by Crippen LogP contribution is -2.09. The maximum atomic E-state index is 4.59. The van der Waals surface area contributed by atoms with Crippen LogP contribution in [-0.4, -0.2) is 23.5 Å². The predicted octanol–water partition coefficient (Wildman–Crippen LogP) is 2.12. The molecule has 24 heavy (non-hydrogen) atoms. The van der Waals surface area contributed by atoms with Gasteiger partial charge in [-0.15, -0.1) is 0 Å². The van der Waals surface area contributed by atoms with Crippen molar-refractivity contribution < 1.29 is 0 Å². The zero-order valence-corrected chi connectivity index (χ0v) is 13.9. The number of likely N-dealkylation sites (N-methyl/N-ethyl adjacent to an activating group) is 1. The number of aromatic amines is 1. The number of H-pyrrole nitrogens is 1. The van der Waals surface area contributed by atoms with Crippen molar-refractivity contribution in [1.29, 1.82) is 0 Å². The van der Waals surface area contributed by atoms with Crippen molar-refractivity contribution in [2.75, 3.05) is 7.05 Å². The smallest absolute Gasteiger partial charge is 0.0659 e. The van der Waals surface area contributed by atoms with Gasteiger partial charge in [0.05, 0.1) is 22.8 Å². The van der Waals surface area contributed by atoms with Crippen LogP contribution >= 0.6 is 0 Å². The fourth-order valence-corrected chi connectivity index (χ4v) is 2.42. The highest BCUT2D eigenvalue weighted by Gasteiger charge is 2.06. The first-order chi connectivity index (χ1) is 11.7. The first kappa shape index (κ1) is 15.7. The molecule has 3 rings (SSSR count). The number of hydrogen-bond acceptors (Lipinski definition) is 3. The van der Waals surface area contributed by atoms with Crippen LogP contribution in [0.5, 0.6) is 0 Å². The van der Waals surface area contributed by atoms with Crippen molar-refractivity contribution in [3.63, 3.8) is 0 Å². The van der Waals surface area contributed by atoms with Gasteiger partial charge in [0, 0.05) is 23.4 Å². The summed E-state index contributed by atoms with van der Waals surface area (Å²) in [6, 6.07) is 3.93. The molecule has 1 aromatic rings. The number of allylic oxidation sites excluding steroid dienone is 7. The molecule has 0 spiro atoms. The van der Waals surface area contributed by atoms with Gasteiger partial charge in [-0.05, 0) is 61.6 Å². The van der Waals surface area contributed by atoms with E-state index in [1.165, 1.54) is 0 Å². The van der Waals surface area contributed by atoms with Crippen molar-refractivity contribution in [2.24, 2.45) is 9.98 Å². The summed E-state index contributed by atoms with van der Waals surface area (Å²) < 4.78 is 0. The zero-order chi connectivity index (χ0) is 16.9. The third-order valence-electron chi connectivity index (χ3n) is 3.64. The lowest BCUT2D eigenvalue weighted by molar-refractivity contribution is 1.02. The fraction of sp³-hybridized carbons (Fsp3) is 0.100. The van der Waals surface area contributed by atoms with Gasteiger partial charge < -0.3 is 10.3 Å². The molecule has 0 aromatic carbocycles. The minimum atomic E-state index is 0.895. The number of aromatic nitrogens is 1. The highest BCUT2D eigenvalue weighted by molar-refractivity contribution is 6.19. The Morgan fingerprint density at radius 2 is 1.75 bits per heavy atom. The van der Waals surface area contributed by atoms with Crippen LogP contribution in [0.25, 0.3) is 12.7 Å². The van der Waals surface area contributed by atoms with E-state index in [9.17, 15) is 0 Å². The molecule has 0 unspecified atom stereocenters. The summed E-state index contributed by atoms with van der Waals surface area (Å²) in [6.45, 7) is 5.85. The Balaban J connectivity index is 1.78. The highest BCUT2D eigenvalue weighted by Crippen LogP contribution is 2.15. The Morgan fingerprint density at radius 3 is 2.42 bits per heavy atom. The SMILES string of the molecule is C=c1ccc(=CC2=N/C(=C\C3=NC(=C\C(=C\C)NC)/C=C3)C=C2)[nH]1. The summed E-state index contributed by atoms with van der Waals surface area (Å²) in [5, 5.41) is 5.01. The van der Waals surface area contributed by atoms with Gasteiger partial charge in [-0.3, -0.25) is 0 Å².